The van der Waals surface area contributed by atoms with Crippen molar-refractivity contribution in [2.24, 2.45) is 14.1 Å². The number of nitrogens with zero attached hydrogens (tertiary/aromatic N) is 4. The number of methoxy groups -OCH3 is 2. The molecule has 0 atom stereocenters. The van der Waals surface area contributed by atoms with Crippen molar-refractivity contribution in [3.8, 4) is 22.8 Å². The quantitative estimate of drug-likeness (QED) is 0.491. The molecule has 11 heteroatoms. The van der Waals surface area contributed by atoms with Crippen LogP contribution in [-0.2, 0) is 14.1 Å². The van der Waals surface area contributed by atoms with Crippen LogP contribution in [-0.4, -0.2) is 39.2 Å². The Balaban J connectivity index is 1.62. The zero-order valence-corrected chi connectivity index (χ0v) is 18.5. The van der Waals surface area contributed by atoms with Crippen LogP contribution < -0.4 is 26.0 Å². The predicted molar refractivity (Wildman–Crippen MR) is 121 cm³/mol. The van der Waals surface area contributed by atoms with Crippen LogP contribution in [0.5, 0.6) is 11.5 Å². The second kappa shape index (κ2) is 8.27. The molecule has 10 nitrogen and oxygen atoms in total. The van der Waals surface area contributed by atoms with Crippen LogP contribution in [0.15, 0.2) is 45.4 Å². The van der Waals surface area contributed by atoms with E-state index in [2.05, 4.69) is 15.3 Å². The lowest BCUT2D eigenvalue weighted by molar-refractivity contribution is 0.102. The number of carbonyl (C=O) groups excluding carboxylic acids is 1. The molecular formula is C21H19N5O5S. The summed E-state index contributed by atoms with van der Waals surface area (Å²) in [6.45, 7) is 0. The minimum atomic E-state index is -0.518. The average Bonchev–Trinajstić information content (AvgIpc) is 3.28. The van der Waals surface area contributed by atoms with Crippen molar-refractivity contribution < 1.29 is 14.3 Å². The minimum Gasteiger partial charge on any atom is -0.493 e. The molecule has 0 aliphatic heterocycles. The summed E-state index contributed by atoms with van der Waals surface area (Å²) < 4.78 is 12.8. The van der Waals surface area contributed by atoms with Crippen LogP contribution >= 0.6 is 11.3 Å². The molecule has 32 heavy (non-hydrogen) atoms. The highest BCUT2D eigenvalue weighted by Gasteiger charge is 2.15. The number of hydrogen-bond acceptors (Lipinski definition) is 8. The highest BCUT2D eigenvalue weighted by molar-refractivity contribution is 7.14. The molecule has 3 heterocycles. The van der Waals surface area contributed by atoms with Gasteiger partial charge in [0.2, 0.25) is 0 Å². The Morgan fingerprint density at radius 2 is 1.81 bits per heavy atom. The van der Waals surface area contributed by atoms with Gasteiger partial charge in [-0.3, -0.25) is 24.0 Å². The van der Waals surface area contributed by atoms with E-state index in [0.29, 0.717) is 22.3 Å². The third kappa shape index (κ3) is 3.62. The maximum absolute atomic E-state index is 12.7. The Hall–Kier alpha value is -3.99. The van der Waals surface area contributed by atoms with Crippen molar-refractivity contribution in [2.45, 2.75) is 0 Å². The number of ether oxygens (including phenoxy) is 2. The van der Waals surface area contributed by atoms with E-state index in [1.165, 1.54) is 42.3 Å². The lowest BCUT2D eigenvalue weighted by Crippen LogP contribution is -2.37. The highest BCUT2D eigenvalue weighted by Crippen LogP contribution is 2.33. The van der Waals surface area contributed by atoms with E-state index in [9.17, 15) is 14.4 Å². The fourth-order valence-corrected chi connectivity index (χ4v) is 3.93. The average molecular weight is 453 g/mol. The molecule has 0 radical (unpaired) electrons. The number of rotatable bonds is 5. The number of amides is 1. The normalized spacial score (nSPS) is 10.9. The molecular weight excluding hydrogens is 434 g/mol. The number of aromatic nitrogens is 4. The maximum Gasteiger partial charge on any atom is 0.332 e. The lowest BCUT2D eigenvalue weighted by Gasteiger charge is -2.08. The summed E-state index contributed by atoms with van der Waals surface area (Å²) in [6, 6.07) is 6.84. The second-order valence-corrected chi connectivity index (χ2v) is 7.72. The molecule has 0 fully saturated rings. The monoisotopic (exact) mass is 453 g/mol. The van der Waals surface area contributed by atoms with Crippen molar-refractivity contribution in [1.82, 2.24) is 19.1 Å². The van der Waals surface area contributed by atoms with Crippen LogP contribution in [0.4, 0.5) is 5.13 Å². The van der Waals surface area contributed by atoms with E-state index in [-0.39, 0.29) is 16.6 Å². The van der Waals surface area contributed by atoms with E-state index in [1.807, 2.05) is 6.07 Å². The van der Waals surface area contributed by atoms with Gasteiger partial charge in [0, 0.05) is 31.2 Å². The molecule has 1 aromatic carbocycles. The first kappa shape index (κ1) is 21.2. The van der Waals surface area contributed by atoms with E-state index >= 15 is 0 Å². The van der Waals surface area contributed by atoms with Crippen LogP contribution in [0.3, 0.4) is 0 Å². The number of benzene rings is 1. The molecule has 4 aromatic rings. The number of fused-ring (bicyclic) bond motifs is 1. The zero-order valence-electron chi connectivity index (χ0n) is 17.7. The molecule has 0 aliphatic rings. The fraction of sp³-hybridized carbons (Fsp3) is 0.190. The Morgan fingerprint density at radius 3 is 2.53 bits per heavy atom. The van der Waals surface area contributed by atoms with Crippen molar-refractivity contribution in [2.75, 3.05) is 19.5 Å². The SMILES string of the molecule is COc1ccc(-c2csc(NC(=O)c3cnc4c(c3)c(=O)n(C)c(=O)n4C)n2)cc1OC. The Labute approximate surface area is 185 Å². The van der Waals surface area contributed by atoms with Crippen molar-refractivity contribution in [3.63, 3.8) is 0 Å². The van der Waals surface area contributed by atoms with E-state index < -0.39 is 17.2 Å². The van der Waals surface area contributed by atoms with Gasteiger partial charge in [0.05, 0.1) is 30.9 Å². The summed E-state index contributed by atoms with van der Waals surface area (Å²) in [5.41, 5.74) is 0.839. The highest BCUT2D eigenvalue weighted by atomic mass is 32.1. The standard InChI is InChI=1S/C21H19N5O5S/c1-25-17-13(19(28)26(2)21(25)29)7-12(9-22-17)18(27)24-20-23-14(10-32-20)11-5-6-15(30-3)16(8-11)31-4/h5-10H,1-4H3,(H,23,24,27). The third-order valence-corrected chi connectivity index (χ3v) is 5.72. The third-order valence-electron chi connectivity index (χ3n) is 4.96. The molecule has 0 spiro atoms. The van der Waals surface area contributed by atoms with E-state index in [0.717, 1.165) is 10.1 Å². The van der Waals surface area contributed by atoms with Gasteiger partial charge in [-0.25, -0.2) is 14.8 Å². The summed E-state index contributed by atoms with van der Waals surface area (Å²) in [4.78, 5) is 45.8. The summed E-state index contributed by atoms with van der Waals surface area (Å²) in [7, 11) is 6.01. The molecule has 164 valence electrons. The van der Waals surface area contributed by atoms with Gasteiger partial charge in [-0.15, -0.1) is 11.3 Å². The first-order chi connectivity index (χ1) is 15.3. The predicted octanol–water partition coefficient (Wildman–Crippen LogP) is 2.03. The molecule has 4 rings (SSSR count). The van der Waals surface area contributed by atoms with Crippen LogP contribution in [0.2, 0.25) is 0 Å². The molecule has 0 aliphatic carbocycles. The number of nitrogens with one attached hydrogen (secondary N) is 1. The van der Waals surface area contributed by atoms with Crippen molar-refractivity contribution >= 4 is 33.4 Å². The van der Waals surface area contributed by atoms with Gasteiger partial charge in [0.1, 0.15) is 5.65 Å². The zero-order chi connectivity index (χ0) is 23.0. The summed E-state index contributed by atoms with van der Waals surface area (Å²) in [6.07, 6.45) is 1.32. The molecule has 0 unspecified atom stereocenters. The van der Waals surface area contributed by atoms with Crippen molar-refractivity contribution in [3.05, 3.63) is 62.2 Å². The minimum absolute atomic E-state index is 0.174. The van der Waals surface area contributed by atoms with Crippen LogP contribution in [0.1, 0.15) is 10.4 Å². The lowest BCUT2D eigenvalue weighted by atomic mass is 10.1. The number of hydrogen-bond donors (Lipinski definition) is 1. The summed E-state index contributed by atoms with van der Waals surface area (Å²) in [5.74, 6) is 0.706. The fourth-order valence-electron chi connectivity index (χ4n) is 3.22. The largest absolute Gasteiger partial charge is 0.493 e. The number of aryl methyl sites for hydroxylation is 1. The first-order valence-electron chi connectivity index (χ1n) is 9.39. The summed E-state index contributed by atoms with van der Waals surface area (Å²) in [5, 5.41) is 5.08. The maximum atomic E-state index is 12.7. The second-order valence-electron chi connectivity index (χ2n) is 6.86. The Bertz CT molecular complexity index is 1470. The first-order valence-corrected chi connectivity index (χ1v) is 10.3. The van der Waals surface area contributed by atoms with E-state index in [1.54, 1.807) is 31.7 Å². The van der Waals surface area contributed by atoms with Crippen LogP contribution in [0.25, 0.3) is 22.3 Å². The molecule has 0 saturated heterocycles. The van der Waals surface area contributed by atoms with Crippen LogP contribution in [0, 0.1) is 0 Å². The van der Waals surface area contributed by atoms with Gasteiger partial charge in [-0.05, 0) is 24.3 Å². The number of carbonyl (C=O) groups is 1. The van der Waals surface area contributed by atoms with Gasteiger partial charge in [0.15, 0.2) is 16.6 Å². The number of anilines is 1. The topological polar surface area (TPSA) is 117 Å². The Morgan fingerprint density at radius 1 is 1.06 bits per heavy atom. The molecule has 1 amide bonds. The molecule has 0 bridgehead atoms. The van der Waals surface area contributed by atoms with Gasteiger partial charge in [-0.2, -0.15) is 0 Å². The summed E-state index contributed by atoms with van der Waals surface area (Å²) >= 11 is 1.26. The van der Waals surface area contributed by atoms with Gasteiger partial charge in [-0.1, -0.05) is 0 Å². The number of thiazole rings is 1. The molecule has 3 aromatic heterocycles. The van der Waals surface area contributed by atoms with Gasteiger partial charge in [0.25, 0.3) is 11.5 Å². The molecule has 1 N–H and O–H groups in total. The molecule has 0 saturated carbocycles. The van der Waals surface area contributed by atoms with Crippen molar-refractivity contribution in [1.29, 1.82) is 0 Å². The van der Waals surface area contributed by atoms with Gasteiger partial charge >= 0.3 is 5.69 Å². The van der Waals surface area contributed by atoms with Gasteiger partial charge < -0.3 is 9.47 Å². The number of pyridine rings is 1. The van der Waals surface area contributed by atoms with E-state index in [4.69, 9.17) is 9.47 Å². The smallest absolute Gasteiger partial charge is 0.332 e. The Kier molecular flexibility index (Phi) is 5.49.